The Morgan fingerprint density at radius 1 is 1.10 bits per heavy atom. The number of nitrogens with one attached hydrogen (secondary N) is 1. The highest BCUT2D eigenvalue weighted by Gasteiger charge is 2.18. The van der Waals surface area contributed by atoms with Crippen molar-refractivity contribution in [2.75, 3.05) is 6.54 Å². The number of halogens is 2. The Balaban J connectivity index is 2.49. The summed E-state index contributed by atoms with van der Waals surface area (Å²) in [7, 11) is 0. The Kier molecular flexibility index (Phi) is 5.38. The van der Waals surface area contributed by atoms with Crippen LogP contribution in [-0.2, 0) is 0 Å². The van der Waals surface area contributed by atoms with Crippen molar-refractivity contribution >= 4 is 11.6 Å². The lowest BCUT2D eigenvalue weighted by Crippen LogP contribution is -2.24. The molecule has 1 nitrogen and oxygen atoms in total. The van der Waals surface area contributed by atoms with Gasteiger partial charge < -0.3 is 5.32 Å². The summed E-state index contributed by atoms with van der Waals surface area (Å²) < 4.78 is 14.3. The van der Waals surface area contributed by atoms with Crippen LogP contribution >= 0.6 is 11.6 Å². The number of hydrogen-bond donors (Lipinski definition) is 1. The smallest absolute Gasteiger partial charge is 0.128 e. The molecule has 0 aromatic heterocycles. The van der Waals surface area contributed by atoms with Gasteiger partial charge in [0.25, 0.3) is 0 Å². The van der Waals surface area contributed by atoms with Crippen molar-refractivity contribution in [2.24, 2.45) is 0 Å². The lowest BCUT2D eigenvalue weighted by atomic mass is 9.95. The minimum absolute atomic E-state index is 0.178. The molecule has 1 unspecified atom stereocenters. The zero-order valence-electron chi connectivity index (χ0n) is 12.7. The zero-order valence-corrected chi connectivity index (χ0v) is 13.5. The van der Waals surface area contributed by atoms with Crippen LogP contribution in [0.1, 0.15) is 41.6 Å². The fourth-order valence-electron chi connectivity index (χ4n) is 2.51. The molecule has 0 amide bonds. The van der Waals surface area contributed by atoms with Crippen molar-refractivity contribution < 1.29 is 4.39 Å². The van der Waals surface area contributed by atoms with Gasteiger partial charge in [0.2, 0.25) is 0 Å². The summed E-state index contributed by atoms with van der Waals surface area (Å²) >= 11 is 6.17. The molecule has 21 heavy (non-hydrogen) atoms. The van der Waals surface area contributed by atoms with Crippen molar-refractivity contribution in [3.63, 3.8) is 0 Å². The van der Waals surface area contributed by atoms with Crippen LogP contribution in [0.4, 0.5) is 4.39 Å². The van der Waals surface area contributed by atoms with E-state index in [1.807, 2.05) is 32.0 Å². The van der Waals surface area contributed by atoms with Gasteiger partial charge in [-0.15, -0.1) is 0 Å². The highest BCUT2D eigenvalue weighted by Crippen LogP contribution is 2.28. The summed E-state index contributed by atoms with van der Waals surface area (Å²) in [5, 5.41) is 4.11. The summed E-state index contributed by atoms with van der Waals surface area (Å²) in [5.74, 6) is -0.188. The van der Waals surface area contributed by atoms with Gasteiger partial charge in [0.1, 0.15) is 5.82 Å². The van der Waals surface area contributed by atoms with E-state index in [0.29, 0.717) is 10.6 Å². The Bertz CT molecular complexity index is 604. The molecule has 0 aliphatic carbocycles. The quantitative estimate of drug-likeness (QED) is 0.802. The van der Waals surface area contributed by atoms with E-state index in [1.165, 1.54) is 6.07 Å². The monoisotopic (exact) mass is 305 g/mol. The molecule has 112 valence electrons. The molecule has 0 heterocycles. The molecule has 0 fully saturated rings. The van der Waals surface area contributed by atoms with E-state index < -0.39 is 0 Å². The van der Waals surface area contributed by atoms with Gasteiger partial charge >= 0.3 is 0 Å². The maximum absolute atomic E-state index is 14.3. The lowest BCUT2D eigenvalue weighted by molar-refractivity contribution is 0.546. The van der Waals surface area contributed by atoms with Crippen LogP contribution in [0.3, 0.4) is 0 Å². The lowest BCUT2D eigenvalue weighted by Gasteiger charge is -2.21. The molecular formula is C18H21ClFN. The zero-order chi connectivity index (χ0) is 15.4. The van der Waals surface area contributed by atoms with E-state index in [9.17, 15) is 4.39 Å². The van der Waals surface area contributed by atoms with Gasteiger partial charge in [-0.25, -0.2) is 4.39 Å². The van der Waals surface area contributed by atoms with Gasteiger partial charge in [-0.3, -0.25) is 0 Å². The summed E-state index contributed by atoms with van der Waals surface area (Å²) in [4.78, 5) is 0. The van der Waals surface area contributed by atoms with E-state index >= 15 is 0 Å². The van der Waals surface area contributed by atoms with Crippen LogP contribution in [0, 0.1) is 19.7 Å². The first-order chi connectivity index (χ1) is 10.0. The Hall–Kier alpha value is -1.38. The molecule has 0 saturated carbocycles. The van der Waals surface area contributed by atoms with Crippen LogP contribution < -0.4 is 5.32 Å². The fraction of sp³-hybridized carbons (Fsp3) is 0.333. The molecule has 1 N–H and O–H groups in total. The number of rotatable bonds is 5. The SMILES string of the molecule is CCCNC(c1cc(C)cc(Cl)c1)c1cc(C)ccc1F. The normalized spacial score (nSPS) is 12.4. The van der Waals surface area contributed by atoms with E-state index in [1.54, 1.807) is 6.07 Å². The first kappa shape index (κ1) is 16.0. The van der Waals surface area contributed by atoms with Crippen LogP contribution in [-0.4, -0.2) is 6.54 Å². The molecule has 1 atom stereocenters. The summed E-state index contributed by atoms with van der Waals surface area (Å²) in [6.07, 6.45) is 0.990. The minimum atomic E-state index is -0.188. The molecule has 0 spiro atoms. The average molecular weight is 306 g/mol. The highest BCUT2D eigenvalue weighted by molar-refractivity contribution is 6.30. The third-order valence-corrected chi connectivity index (χ3v) is 3.68. The summed E-state index contributed by atoms with van der Waals surface area (Å²) in [5.41, 5.74) is 3.80. The molecule has 0 aliphatic rings. The van der Waals surface area contributed by atoms with Gasteiger partial charge in [0.15, 0.2) is 0 Å². The van der Waals surface area contributed by atoms with Crippen molar-refractivity contribution in [3.8, 4) is 0 Å². The van der Waals surface area contributed by atoms with Gasteiger partial charge in [0, 0.05) is 10.6 Å². The second-order valence-corrected chi connectivity index (χ2v) is 5.91. The second-order valence-electron chi connectivity index (χ2n) is 5.47. The minimum Gasteiger partial charge on any atom is -0.306 e. The van der Waals surface area contributed by atoms with Crippen LogP contribution in [0.2, 0.25) is 5.02 Å². The van der Waals surface area contributed by atoms with Crippen molar-refractivity contribution in [1.82, 2.24) is 5.32 Å². The summed E-state index contributed by atoms with van der Waals surface area (Å²) in [6.45, 7) is 6.89. The van der Waals surface area contributed by atoms with E-state index in [2.05, 4.69) is 18.3 Å². The molecule has 2 rings (SSSR count). The van der Waals surface area contributed by atoms with Gasteiger partial charge in [-0.1, -0.05) is 42.3 Å². The van der Waals surface area contributed by atoms with Crippen molar-refractivity contribution in [3.05, 3.63) is 69.5 Å². The van der Waals surface area contributed by atoms with Crippen LogP contribution in [0.15, 0.2) is 36.4 Å². The largest absolute Gasteiger partial charge is 0.306 e. The molecule has 0 aliphatic heterocycles. The van der Waals surface area contributed by atoms with Crippen molar-refractivity contribution in [1.29, 1.82) is 0 Å². The Morgan fingerprint density at radius 2 is 1.86 bits per heavy atom. The topological polar surface area (TPSA) is 12.0 Å². The summed E-state index contributed by atoms with van der Waals surface area (Å²) in [6, 6.07) is 10.9. The van der Waals surface area contributed by atoms with Crippen LogP contribution in [0.25, 0.3) is 0 Å². The third-order valence-electron chi connectivity index (χ3n) is 3.46. The Morgan fingerprint density at radius 3 is 2.52 bits per heavy atom. The van der Waals surface area contributed by atoms with E-state index in [4.69, 9.17) is 11.6 Å². The molecule has 0 bridgehead atoms. The van der Waals surface area contributed by atoms with Crippen LogP contribution in [0.5, 0.6) is 0 Å². The standard InChI is InChI=1S/C18H21ClFN/c1-4-7-21-18(14-8-13(3)9-15(19)11-14)16-10-12(2)5-6-17(16)20/h5-6,8-11,18,21H,4,7H2,1-3H3. The molecule has 3 heteroatoms. The van der Waals surface area contributed by atoms with Gasteiger partial charge in [0.05, 0.1) is 6.04 Å². The first-order valence-corrected chi connectivity index (χ1v) is 7.65. The molecule has 2 aromatic rings. The number of benzene rings is 2. The van der Waals surface area contributed by atoms with E-state index in [-0.39, 0.29) is 11.9 Å². The molecule has 0 saturated heterocycles. The number of aryl methyl sites for hydroxylation is 2. The molecule has 0 radical (unpaired) electrons. The predicted octanol–water partition coefficient (Wildman–Crippen LogP) is 5.18. The highest BCUT2D eigenvalue weighted by atomic mass is 35.5. The van der Waals surface area contributed by atoms with Gasteiger partial charge in [-0.05, 0) is 56.1 Å². The average Bonchev–Trinajstić information content (AvgIpc) is 2.42. The fourth-order valence-corrected chi connectivity index (χ4v) is 2.81. The van der Waals surface area contributed by atoms with E-state index in [0.717, 1.165) is 29.7 Å². The van der Waals surface area contributed by atoms with Gasteiger partial charge in [-0.2, -0.15) is 0 Å². The molecular weight excluding hydrogens is 285 g/mol. The number of hydrogen-bond acceptors (Lipinski definition) is 1. The first-order valence-electron chi connectivity index (χ1n) is 7.27. The predicted molar refractivity (Wildman–Crippen MR) is 87.5 cm³/mol. The Labute approximate surface area is 131 Å². The van der Waals surface area contributed by atoms with Crippen molar-refractivity contribution in [2.45, 2.75) is 33.2 Å². The second kappa shape index (κ2) is 7.06. The maximum atomic E-state index is 14.3. The molecule has 2 aromatic carbocycles. The third kappa shape index (κ3) is 4.05. The maximum Gasteiger partial charge on any atom is 0.128 e.